The van der Waals surface area contributed by atoms with Crippen LogP contribution in [-0.2, 0) is 0 Å². The summed E-state index contributed by atoms with van der Waals surface area (Å²) in [5.41, 5.74) is 6.87. The van der Waals surface area contributed by atoms with Gasteiger partial charge in [0.15, 0.2) is 5.78 Å². The predicted molar refractivity (Wildman–Crippen MR) is 68.3 cm³/mol. The number of hydrogen-bond acceptors (Lipinski definition) is 3. The number of carbonyl (C=O) groups is 1. The fraction of sp³-hybridized carbons (Fsp3) is 0.500. The second-order valence-corrected chi connectivity index (χ2v) is 4.77. The molecule has 2 rings (SSSR count). The van der Waals surface area contributed by atoms with Gasteiger partial charge in [0.1, 0.15) is 5.75 Å². The van der Waals surface area contributed by atoms with Crippen molar-refractivity contribution < 1.29 is 9.53 Å². The molecular formula is C14H19NO2. The Morgan fingerprint density at radius 3 is 2.71 bits per heavy atom. The Bertz CT molecular complexity index is 409. The highest BCUT2D eigenvalue weighted by Crippen LogP contribution is 2.26. The largest absolute Gasteiger partial charge is 0.493 e. The highest BCUT2D eigenvalue weighted by atomic mass is 16.5. The van der Waals surface area contributed by atoms with E-state index in [4.69, 9.17) is 10.5 Å². The maximum absolute atomic E-state index is 11.2. The van der Waals surface area contributed by atoms with E-state index in [1.165, 1.54) is 32.6 Å². The van der Waals surface area contributed by atoms with Crippen LogP contribution in [0.25, 0.3) is 0 Å². The Hall–Kier alpha value is -1.51. The summed E-state index contributed by atoms with van der Waals surface area (Å²) in [6, 6.07) is 5.30. The maximum Gasteiger partial charge on any atom is 0.161 e. The molecular weight excluding hydrogens is 214 g/mol. The molecule has 1 aromatic rings. The van der Waals surface area contributed by atoms with E-state index in [0.717, 1.165) is 12.4 Å². The number of nitrogens with two attached hydrogens (primary N) is 1. The van der Waals surface area contributed by atoms with Crippen molar-refractivity contribution in [2.45, 2.75) is 32.6 Å². The first kappa shape index (κ1) is 12.0. The molecule has 1 fully saturated rings. The first-order valence-electron chi connectivity index (χ1n) is 6.20. The normalized spacial score (nSPS) is 16.1. The molecule has 0 bridgehead atoms. The van der Waals surface area contributed by atoms with Crippen LogP contribution in [0.5, 0.6) is 5.75 Å². The topological polar surface area (TPSA) is 52.3 Å². The van der Waals surface area contributed by atoms with Gasteiger partial charge in [-0.15, -0.1) is 0 Å². The Balaban J connectivity index is 1.97. The van der Waals surface area contributed by atoms with Crippen molar-refractivity contribution in [1.29, 1.82) is 0 Å². The zero-order valence-corrected chi connectivity index (χ0v) is 10.2. The van der Waals surface area contributed by atoms with Crippen molar-refractivity contribution in [3.8, 4) is 5.75 Å². The van der Waals surface area contributed by atoms with Gasteiger partial charge in [-0.1, -0.05) is 12.8 Å². The molecule has 0 heterocycles. The first-order valence-corrected chi connectivity index (χ1v) is 6.20. The lowest BCUT2D eigenvalue weighted by atomic mass is 10.1. The van der Waals surface area contributed by atoms with Gasteiger partial charge >= 0.3 is 0 Å². The standard InChI is InChI=1S/C14H19NO2/c1-10(16)13-7-6-12(8-14(13)15)17-9-11-4-2-3-5-11/h6-8,11H,2-5,9,15H2,1H3. The third kappa shape index (κ3) is 2.99. The van der Waals surface area contributed by atoms with Crippen molar-refractivity contribution in [1.82, 2.24) is 0 Å². The van der Waals surface area contributed by atoms with Crippen LogP contribution in [0.4, 0.5) is 5.69 Å². The zero-order chi connectivity index (χ0) is 12.3. The summed E-state index contributed by atoms with van der Waals surface area (Å²) in [5.74, 6) is 1.44. The van der Waals surface area contributed by atoms with Crippen molar-refractivity contribution in [3.63, 3.8) is 0 Å². The third-order valence-electron chi connectivity index (χ3n) is 3.36. The molecule has 2 N–H and O–H groups in total. The van der Waals surface area contributed by atoms with Crippen molar-refractivity contribution in [2.24, 2.45) is 5.92 Å². The molecule has 92 valence electrons. The number of rotatable bonds is 4. The van der Waals surface area contributed by atoms with Gasteiger partial charge in [0.25, 0.3) is 0 Å². The molecule has 1 aliphatic carbocycles. The summed E-state index contributed by atoms with van der Waals surface area (Å²) in [4.78, 5) is 11.2. The molecule has 3 nitrogen and oxygen atoms in total. The van der Waals surface area contributed by atoms with Crippen molar-refractivity contribution >= 4 is 11.5 Å². The van der Waals surface area contributed by atoms with Gasteiger partial charge in [-0.3, -0.25) is 4.79 Å². The second-order valence-electron chi connectivity index (χ2n) is 4.77. The van der Waals surface area contributed by atoms with E-state index in [9.17, 15) is 4.79 Å². The first-order chi connectivity index (χ1) is 8.16. The smallest absolute Gasteiger partial charge is 0.161 e. The predicted octanol–water partition coefficient (Wildman–Crippen LogP) is 3.04. The number of hydrogen-bond donors (Lipinski definition) is 1. The molecule has 0 saturated heterocycles. The van der Waals surface area contributed by atoms with Gasteiger partial charge in [0.2, 0.25) is 0 Å². The van der Waals surface area contributed by atoms with Crippen LogP contribution < -0.4 is 10.5 Å². The van der Waals surface area contributed by atoms with Crippen LogP contribution in [0.15, 0.2) is 18.2 Å². The minimum Gasteiger partial charge on any atom is -0.493 e. The number of ketones is 1. The van der Waals surface area contributed by atoms with Gasteiger partial charge in [0, 0.05) is 17.3 Å². The van der Waals surface area contributed by atoms with E-state index in [1.54, 1.807) is 12.1 Å². The highest BCUT2D eigenvalue weighted by molar-refractivity contribution is 5.99. The van der Waals surface area contributed by atoms with Crippen LogP contribution in [0.3, 0.4) is 0 Å². The second kappa shape index (κ2) is 5.21. The SMILES string of the molecule is CC(=O)c1ccc(OCC2CCCC2)cc1N. The van der Waals surface area contributed by atoms with Crippen LogP contribution in [0, 0.1) is 5.92 Å². The third-order valence-corrected chi connectivity index (χ3v) is 3.36. The minimum atomic E-state index is -0.00940. The fourth-order valence-corrected chi connectivity index (χ4v) is 2.34. The highest BCUT2D eigenvalue weighted by Gasteiger charge is 2.15. The van der Waals surface area contributed by atoms with Gasteiger partial charge in [0.05, 0.1) is 6.61 Å². The number of ether oxygens (including phenoxy) is 1. The Morgan fingerprint density at radius 2 is 2.12 bits per heavy atom. The number of carbonyl (C=O) groups excluding carboxylic acids is 1. The van der Waals surface area contributed by atoms with E-state index in [1.807, 2.05) is 6.07 Å². The summed E-state index contributed by atoms with van der Waals surface area (Å²) >= 11 is 0. The van der Waals surface area contributed by atoms with Crippen LogP contribution in [0.1, 0.15) is 43.0 Å². The molecule has 0 atom stereocenters. The summed E-state index contributed by atoms with van der Waals surface area (Å²) in [5, 5.41) is 0. The molecule has 1 saturated carbocycles. The van der Waals surface area contributed by atoms with E-state index in [2.05, 4.69) is 0 Å². The van der Waals surface area contributed by atoms with E-state index in [-0.39, 0.29) is 5.78 Å². The molecule has 1 aromatic carbocycles. The molecule has 0 aromatic heterocycles. The summed E-state index contributed by atoms with van der Waals surface area (Å²) in [6.45, 7) is 2.28. The monoisotopic (exact) mass is 233 g/mol. The Labute approximate surface area is 102 Å². The van der Waals surface area contributed by atoms with Crippen LogP contribution >= 0.6 is 0 Å². The molecule has 0 amide bonds. The summed E-state index contributed by atoms with van der Waals surface area (Å²) in [7, 11) is 0. The van der Waals surface area contributed by atoms with E-state index in [0.29, 0.717) is 17.2 Å². The molecule has 0 aliphatic heterocycles. The lowest BCUT2D eigenvalue weighted by Gasteiger charge is -2.12. The minimum absolute atomic E-state index is 0.00940. The maximum atomic E-state index is 11.2. The number of benzene rings is 1. The van der Waals surface area contributed by atoms with Gasteiger partial charge in [-0.05, 0) is 37.8 Å². The summed E-state index contributed by atoms with van der Waals surface area (Å²) in [6.07, 6.45) is 5.17. The van der Waals surface area contributed by atoms with Gasteiger partial charge in [-0.2, -0.15) is 0 Å². The zero-order valence-electron chi connectivity index (χ0n) is 10.2. The average Bonchev–Trinajstić information content (AvgIpc) is 2.78. The lowest BCUT2D eigenvalue weighted by molar-refractivity contribution is 0.101. The molecule has 3 heteroatoms. The lowest BCUT2D eigenvalue weighted by Crippen LogP contribution is -2.08. The number of nitrogen functional groups attached to an aromatic ring is 1. The van der Waals surface area contributed by atoms with Crippen molar-refractivity contribution in [3.05, 3.63) is 23.8 Å². The molecule has 17 heavy (non-hydrogen) atoms. The summed E-state index contributed by atoms with van der Waals surface area (Å²) < 4.78 is 5.71. The number of Topliss-reactive ketones (excluding diaryl/α,β-unsaturated/α-hetero) is 1. The Kier molecular flexibility index (Phi) is 3.67. The molecule has 0 spiro atoms. The Morgan fingerprint density at radius 1 is 1.41 bits per heavy atom. The van der Waals surface area contributed by atoms with Crippen LogP contribution in [0.2, 0.25) is 0 Å². The molecule has 0 unspecified atom stereocenters. The van der Waals surface area contributed by atoms with Crippen LogP contribution in [-0.4, -0.2) is 12.4 Å². The average molecular weight is 233 g/mol. The van der Waals surface area contributed by atoms with Crippen molar-refractivity contribution in [2.75, 3.05) is 12.3 Å². The number of anilines is 1. The van der Waals surface area contributed by atoms with E-state index >= 15 is 0 Å². The molecule has 1 aliphatic rings. The van der Waals surface area contributed by atoms with Gasteiger partial charge < -0.3 is 10.5 Å². The van der Waals surface area contributed by atoms with Gasteiger partial charge in [-0.25, -0.2) is 0 Å². The fourth-order valence-electron chi connectivity index (χ4n) is 2.34. The molecule has 0 radical (unpaired) electrons. The van der Waals surface area contributed by atoms with E-state index < -0.39 is 0 Å². The quantitative estimate of drug-likeness (QED) is 0.642.